The highest BCUT2D eigenvalue weighted by molar-refractivity contribution is 14.1. The van der Waals surface area contributed by atoms with Gasteiger partial charge in [-0.1, -0.05) is 0 Å². The van der Waals surface area contributed by atoms with Crippen molar-refractivity contribution in [3.63, 3.8) is 0 Å². The molecule has 94 valence electrons. The molecule has 0 saturated carbocycles. The van der Waals surface area contributed by atoms with E-state index in [1.807, 2.05) is 28.7 Å². The van der Waals surface area contributed by atoms with E-state index in [-0.39, 0.29) is 11.3 Å². The van der Waals surface area contributed by atoms with Crippen LogP contribution in [0.3, 0.4) is 0 Å². The molecule has 0 aliphatic rings. The van der Waals surface area contributed by atoms with Crippen molar-refractivity contribution in [3.8, 4) is 11.8 Å². The first kappa shape index (κ1) is 14.4. The van der Waals surface area contributed by atoms with Crippen molar-refractivity contribution in [1.82, 2.24) is 0 Å². The Kier molecular flexibility index (Phi) is 5.09. The van der Waals surface area contributed by atoms with Crippen molar-refractivity contribution < 1.29 is 9.13 Å². The van der Waals surface area contributed by atoms with E-state index in [0.29, 0.717) is 15.2 Å². The molecule has 1 aromatic carbocycles. The van der Waals surface area contributed by atoms with Crippen molar-refractivity contribution in [2.24, 2.45) is 10.7 Å². The van der Waals surface area contributed by atoms with Crippen molar-refractivity contribution in [2.75, 3.05) is 7.11 Å². The maximum atomic E-state index is 13.6. The monoisotopic (exact) mass is 359 g/mol. The summed E-state index contributed by atoms with van der Waals surface area (Å²) in [6.07, 6.45) is 0. The van der Waals surface area contributed by atoms with Crippen molar-refractivity contribution >= 4 is 32.0 Å². The Labute approximate surface area is 118 Å². The summed E-state index contributed by atoms with van der Waals surface area (Å²) in [6, 6.07) is 6.24. The minimum absolute atomic E-state index is 0.134. The van der Waals surface area contributed by atoms with E-state index in [1.54, 1.807) is 13.0 Å². The molecule has 0 aliphatic heterocycles. The van der Waals surface area contributed by atoms with E-state index >= 15 is 0 Å². The Morgan fingerprint density at radius 1 is 1.56 bits per heavy atom. The molecule has 0 amide bonds. The van der Waals surface area contributed by atoms with Crippen LogP contribution in [0.4, 0.5) is 10.1 Å². The van der Waals surface area contributed by atoms with E-state index in [9.17, 15) is 4.39 Å². The van der Waals surface area contributed by atoms with Gasteiger partial charge in [0.05, 0.1) is 7.11 Å². The third-order valence-corrected chi connectivity index (χ3v) is 2.87. The molecule has 0 heterocycles. The Hall–Kier alpha value is -1.62. The zero-order valence-electron chi connectivity index (χ0n) is 9.87. The van der Waals surface area contributed by atoms with Crippen LogP contribution < -0.4 is 10.5 Å². The lowest BCUT2D eigenvalue weighted by Gasteiger charge is -2.03. The van der Waals surface area contributed by atoms with Gasteiger partial charge in [0, 0.05) is 11.8 Å². The molecule has 0 saturated heterocycles. The molecule has 4 nitrogen and oxygen atoms in total. The molecule has 0 spiro atoms. The van der Waals surface area contributed by atoms with Crippen LogP contribution in [0.25, 0.3) is 0 Å². The van der Waals surface area contributed by atoms with Crippen LogP contribution in [0, 0.1) is 17.1 Å². The van der Waals surface area contributed by atoms with Gasteiger partial charge in [0.15, 0.2) is 5.82 Å². The Morgan fingerprint density at radius 3 is 2.67 bits per heavy atom. The minimum Gasteiger partial charge on any atom is -0.497 e. The van der Waals surface area contributed by atoms with Gasteiger partial charge in [0.25, 0.3) is 0 Å². The van der Waals surface area contributed by atoms with Crippen LogP contribution in [0.1, 0.15) is 6.92 Å². The molecule has 0 aliphatic carbocycles. The van der Waals surface area contributed by atoms with Crippen LogP contribution >= 0.6 is 22.6 Å². The Balaban J connectivity index is 3.18. The number of benzene rings is 1. The van der Waals surface area contributed by atoms with Gasteiger partial charge in [-0.25, -0.2) is 9.38 Å². The molecule has 0 radical (unpaired) electrons. The number of hydrogen-bond acceptors (Lipinski definition) is 4. The summed E-state index contributed by atoms with van der Waals surface area (Å²) < 4.78 is 18.9. The summed E-state index contributed by atoms with van der Waals surface area (Å²) in [7, 11) is 1.45. The number of aliphatic imine (C=N–C) groups is 1. The van der Waals surface area contributed by atoms with Gasteiger partial charge in [-0.05, 0) is 41.6 Å². The van der Waals surface area contributed by atoms with E-state index < -0.39 is 5.82 Å². The average molecular weight is 359 g/mol. The largest absolute Gasteiger partial charge is 0.497 e. The number of hydrogen-bond donors (Lipinski definition) is 1. The maximum Gasteiger partial charge on any atom is 0.152 e. The van der Waals surface area contributed by atoms with Crippen LogP contribution in [0.15, 0.2) is 34.5 Å². The highest BCUT2D eigenvalue weighted by Gasteiger charge is 2.08. The zero-order valence-corrected chi connectivity index (χ0v) is 12.0. The molecule has 0 unspecified atom stereocenters. The number of nitriles is 1. The van der Waals surface area contributed by atoms with Crippen molar-refractivity contribution in [1.29, 1.82) is 5.26 Å². The Bertz CT molecular complexity index is 557. The van der Waals surface area contributed by atoms with Gasteiger partial charge < -0.3 is 10.5 Å². The van der Waals surface area contributed by atoms with Crippen LogP contribution in [-0.4, -0.2) is 10.8 Å². The van der Waals surface area contributed by atoms with Crippen LogP contribution in [0.5, 0.6) is 5.75 Å². The number of allylic oxidation sites excluding steroid dienone is 2. The second-order valence-corrected chi connectivity index (χ2v) is 4.41. The van der Waals surface area contributed by atoms with Crippen LogP contribution in [0.2, 0.25) is 0 Å². The van der Waals surface area contributed by atoms with Gasteiger partial charge >= 0.3 is 0 Å². The Morgan fingerprint density at radius 2 is 2.22 bits per heavy atom. The summed E-state index contributed by atoms with van der Waals surface area (Å²) in [5, 5.41) is 8.91. The predicted octanol–water partition coefficient (Wildman–Crippen LogP) is 3.06. The normalized spacial score (nSPS) is 12.7. The second-order valence-electron chi connectivity index (χ2n) is 3.39. The highest BCUT2D eigenvalue weighted by atomic mass is 127. The van der Waals surface area contributed by atoms with Gasteiger partial charge in [-0.3, -0.25) is 0 Å². The summed E-state index contributed by atoms with van der Waals surface area (Å²) >= 11 is 1.85. The number of rotatable bonds is 3. The molecular formula is C12H11FIN3O. The molecule has 18 heavy (non-hydrogen) atoms. The van der Waals surface area contributed by atoms with Crippen molar-refractivity contribution in [2.45, 2.75) is 6.92 Å². The maximum absolute atomic E-state index is 13.6. The molecule has 0 atom stereocenters. The first-order chi connectivity index (χ1) is 8.49. The minimum atomic E-state index is -0.518. The SMILES string of the molecule is COc1ccc(N=C(I)C(C#N)=C(C)N)c(F)c1. The summed E-state index contributed by atoms with van der Waals surface area (Å²) in [6.45, 7) is 1.59. The number of nitrogens with two attached hydrogens (primary N) is 1. The molecule has 2 N–H and O–H groups in total. The fourth-order valence-corrected chi connectivity index (χ4v) is 1.97. The standard InChI is InChI=1S/C12H11FIN3O/c1-7(16)9(6-15)12(14)17-11-4-3-8(18-2)5-10(11)13/h3-5H,16H2,1-2H3. The molecule has 0 bridgehead atoms. The van der Waals surface area contributed by atoms with E-state index in [4.69, 9.17) is 15.7 Å². The van der Waals surface area contributed by atoms with E-state index in [2.05, 4.69) is 4.99 Å². The lowest BCUT2D eigenvalue weighted by Crippen LogP contribution is -2.02. The average Bonchev–Trinajstić information content (AvgIpc) is 2.32. The topological polar surface area (TPSA) is 71.4 Å². The third kappa shape index (κ3) is 3.43. The molecule has 1 aromatic rings. The quantitative estimate of drug-likeness (QED) is 0.512. The van der Waals surface area contributed by atoms with Gasteiger partial charge in [-0.15, -0.1) is 0 Å². The second kappa shape index (κ2) is 6.35. The first-order valence-corrected chi connectivity index (χ1v) is 6.02. The number of methoxy groups -OCH3 is 1. The van der Waals surface area contributed by atoms with E-state index in [1.165, 1.54) is 19.2 Å². The third-order valence-electron chi connectivity index (χ3n) is 2.09. The highest BCUT2D eigenvalue weighted by Crippen LogP contribution is 2.24. The predicted molar refractivity (Wildman–Crippen MR) is 76.6 cm³/mol. The molecule has 1 rings (SSSR count). The smallest absolute Gasteiger partial charge is 0.152 e. The first-order valence-electron chi connectivity index (χ1n) is 4.94. The molecular weight excluding hydrogens is 348 g/mol. The summed E-state index contributed by atoms with van der Waals surface area (Å²) in [4.78, 5) is 4.04. The summed E-state index contributed by atoms with van der Waals surface area (Å²) in [5.41, 5.74) is 6.27. The number of nitrogens with zero attached hydrogens (tertiary/aromatic N) is 2. The molecule has 0 fully saturated rings. The fourth-order valence-electron chi connectivity index (χ4n) is 1.16. The van der Waals surface area contributed by atoms with Crippen LogP contribution in [-0.2, 0) is 0 Å². The van der Waals surface area contributed by atoms with Crippen molar-refractivity contribution in [3.05, 3.63) is 35.3 Å². The van der Waals surface area contributed by atoms with Gasteiger partial charge in [0.1, 0.15) is 26.8 Å². The lowest BCUT2D eigenvalue weighted by molar-refractivity contribution is 0.411. The van der Waals surface area contributed by atoms with Gasteiger partial charge in [0.2, 0.25) is 0 Å². The molecule has 6 heteroatoms. The molecule has 0 aromatic heterocycles. The lowest BCUT2D eigenvalue weighted by atomic mass is 10.2. The fraction of sp³-hybridized carbons (Fsp3) is 0.167. The summed E-state index contributed by atoms with van der Waals surface area (Å²) in [5.74, 6) is -0.108. The zero-order chi connectivity index (χ0) is 13.7. The number of halogens is 2. The van der Waals surface area contributed by atoms with E-state index in [0.717, 1.165) is 0 Å². The number of ether oxygens (including phenoxy) is 1. The van der Waals surface area contributed by atoms with Gasteiger partial charge in [-0.2, -0.15) is 5.26 Å².